The fourth-order valence-electron chi connectivity index (χ4n) is 12.7. The van der Waals surface area contributed by atoms with Crippen molar-refractivity contribution in [3.8, 4) is 23.0 Å². The van der Waals surface area contributed by atoms with Crippen molar-refractivity contribution < 1.29 is 112 Å². The first-order valence-corrected chi connectivity index (χ1v) is 41.3. The molecule has 43 nitrogen and oxygen atoms in total. The predicted octanol–water partition coefficient (Wildman–Crippen LogP) is -5.97. The Hall–Kier alpha value is -13.9. The van der Waals surface area contributed by atoms with Crippen LogP contribution < -0.4 is 97.0 Å². The van der Waals surface area contributed by atoms with Gasteiger partial charge in [-0.2, -0.15) is 0 Å². The number of aromatic amines is 1. The maximum Gasteiger partial charge on any atom is 0.245 e. The number of primary amides is 3. The molecule has 0 aliphatic carbocycles. The van der Waals surface area contributed by atoms with Crippen LogP contribution in [-0.2, 0) is 118 Å². The third-order valence-electron chi connectivity index (χ3n) is 19.2. The minimum atomic E-state index is -1.89. The number of aromatic hydroxyl groups is 4. The van der Waals surface area contributed by atoms with E-state index >= 15 is 9.59 Å². The fraction of sp³-hybridized carbons (Fsp3) is 0.451. The van der Waals surface area contributed by atoms with Crippen LogP contribution in [0.3, 0.4) is 0 Å². The monoisotopic (exact) mass is 1770 g/mol. The molecule has 6 rings (SSSR count). The number of nitrogens with two attached hydrogens (primary N) is 3. The summed E-state index contributed by atoms with van der Waals surface area (Å²) in [5.74, 6) is -22.7. The molecule has 1 fully saturated rings. The number of amides is 18. The van der Waals surface area contributed by atoms with Gasteiger partial charge in [0.05, 0.1) is 50.4 Å². The predicted molar refractivity (Wildman–Crippen MR) is 451 cm³/mol. The molecule has 682 valence electrons. The molecule has 0 bridgehead atoms. The van der Waals surface area contributed by atoms with Gasteiger partial charge >= 0.3 is 0 Å². The van der Waals surface area contributed by atoms with Crippen molar-refractivity contribution in [1.29, 1.82) is 0 Å². The largest absolute Gasteiger partial charge is 0.508 e. The summed E-state index contributed by atoms with van der Waals surface area (Å²) in [6.45, 7) is 5.92. The molecule has 1 aliphatic heterocycles. The number of hydrogen-bond donors (Lipinski definition) is 24. The van der Waals surface area contributed by atoms with E-state index in [-0.39, 0.29) is 65.9 Å². The quantitative estimate of drug-likeness (QED) is 0.0273. The normalized spacial score (nSPS) is 22.6. The standard InChI is InChI=1S/C82H110N20O23S/c1-41(2)25-54-71(114)88-36-68(112)93-63(73(116)87-34-66(85)110)38-126-39-69(113)92-57(28-45-9-17-50(105)18-10-45)76(119)100-60(31-48-33-86-40-90-48)78(121)94-53(23-24-64(83)108)74(117)98-58(29-46-11-19-51(106)20-12-46)77(120)99-59(30-47-13-21-52(107)22-14-47)80(123)102-70(43(5)6)82(125)101-62(37-103)81(124)96-55(26-42(3)4)75(118)97-56(27-44-7-15-49(104)16-8-44)72(115)89-35-67(111)91-61(32-65(84)109)79(122)95-54/h7-22,33,40-43,53-63,70,103-107H,23-32,34-39H2,1-6H3,(H2,83,108)(H2,84,109)(H2,85,110)(H,86,90)(H,87,116)(H,88,114)(H,89,115)(H,91,111)(H,92,113)(H,93,112)(H,94,121)(H,95,122)(H,96,124)(H,97,118)(H,98,117)(H,99,120)(H,100,119)(H,101,125)(H,102,123)/t53-,54-,55-,56-,57-,58-,59-,60-,61-,62-,63-,70-/m0/s1. The smallest absolute Gasteiger partial charge is 0.245 e. The minimum Gasteiger partial charge on any atom is -0.508 e. The van der Waals surface area contributed by atoms with Gasteiger partial charge in [-0.3, -0.25) is 86.3 Å². The van der Waals surface area contributed by atoms with Crippen LogP contribution in [0, 0.1) is 17.8 Å². The third-order valence-corrected chi connectivity index (χ3v) is 20.3. The Morgan fingerprint density at radius 2 is 0.770 bits per heavy atom. The molecule has 0 spiro atoms. The number of phenolic OH excluding ortho intramolecular Hbond substituents is 4. The molecule has 4 aromatic carbocycles. The molecule has 1 aliphatic rings. The Kier molecular flexibility index (Phi) is 40.0. The molecule has 12 atom stereocenters. The highest BCUT2D eigenvalue weighted by Crippen LogP contribution is 2.20. The van der Waals surface area contributed by atoms with E-state index in [1.54, 1.807) is 27.7 Å². The van der Waals surface area contributed by atoms with Gasteiger partial charge in [0.25, 0.3) is 0 Å². The number of thioether (sulfide) groups is 1. The van der Waals surface area contributed by atoms with Crippen LogP contribution >= 0.6 is 11.8 Å². The first-order valence-electron chi connectivity index (χ1n) is 40.2. The van der Waals surface area contributed by atoms with Gasteiger partial charge in [-0.1, -0.05) is 90.1 Å². The lowest BCUT2D eigenvalue weighted by Gasteiger charge is -2.29. The summed E-state index contributed by atoms with van der Waals surface area (Å²) >= 11 is 0.709. The Bertz CT molecular complexity index is 4640. The molecule has 44 heteroatoms. The summed E-state index contributed by atoms with van der Waals surface area (Å²) in [4.78, 5) is 260. The molecule has 0 radical (unpaired) electrons. The van der Waals surface area contributed by atoms with Crippen LogP contribution in [0.15, 0.2) is 110 Å². The van der Waals surface area contributed by atoms with Crippen LogP contribution in [-0.4, -0.2) is 252 Å². The Morgan fingerprint density at radius 1 is 0.413 bits per heavy atom. The van der Waals surface area contributed by atoms with E-state index in [4.69, 9.17) is 17.2 Å². The second-order valence-corrected chi connectivity index (χ2v) is 32.1. The first kappa shape index (κ1) is 101. The summed E-state index contributed by atoms with van der Waals surface area (Å²) in [6.07, 6.45) is -1.70. The van der Waals surface area contributed by atoms with Crippen LogP contribution in [0.5, 0.6) is 23.0 Å². The van der Waals surface area contributed by atoms with Crippen molar-refractivity contribution in [2.75, 3.05) is 37.7 Å². The molecule has 0 unspecified atom stereocenters. The number of hydrogen-bond acceptors (Lipinski definition) is 25. The first-order chi connectivity index (χ1) is 59.6. The summed E-state index contributed by atoms with van der Waals surface area (Å²) in [5.41, 5.74) is 17.8. The number of aliphatic hydroxyl groups is 1. The molecule has 27 N–H and O–H groups in total. The van der Waals surface area contributed by atoms with E-state index in [1.165, 1.54) is 123 Å². The fourth-order valence-corrected chi connectivity index (χ4v) is 13.6. The van der Waals surface area contributed by atoms with Gasteiger partial charge in [-0.25, -0.2) is 4.98 Å². The molecular formula is C82H110N20O23S. The molecule has 5 aromatic rings. The highest BCUT2D eigenvalue weighted by molar-refractivity contribution is 8.00. The SMILES string of the molecule is CC(C)C[C@@H]1NC(=O)[C@H](CC(N)=O)NC(=O)CNC(=O)[C@H](Cc2ccc(O)cc2)NC(=O)[C@H](CC(C)C)NC(=O)[C@H](CO)NC(=O)[C@H](C(C)C)NC(=O)[C@H](Cc2ccc(O)cc2)NC(=O)[C@H](Cc2ccc(O)cc2)NC(=O)[C@H](CCC(N)=O)NC(=O)[C@H](Cc2c[nH]cn2)NC(=O)[C@H](Cc2ccc(O)cc2)NC(=O)CSC[C@@H](C(=O)NCC(N)=O)NC(=O)CNC1=O. The second-order valence-electron chi connectivity index (χ2n) is 31.1. The molecule has 1 saturated heterocycles. The topological polar surface area (TPSA) is 696 Å². The van der Waals surface area contributed by atoms with Crippen molar-refractivity contribution in [1.82, 2.24) is 89.7 Å². The van der Waals surface area contributed by atoms with Crippen molar-refractivity contribution in [2.24, 2.45) is 35.0 Å². The Labute approximate surface area is 727 Å². The average Bonchev–Trinajstić information content (AvgIpc) is 0.888. The van der Waals surface area contributed by atoms with Crippen molar-refractivity contribution in [3.63, 3.8) is 0 Å². The van der Waals surface area contributed by atoms with Gasteiger partial charge in [0, 0.05) is 50.5 Å². The van der Waals surface area contributed by atoms with Gasteiger partial charge in [-0.15, -0.1) is 11.8 Å². The molecule has 0 saturated carbocycles. The van der Waals surface area contributed by atoms with Gasteiger partial charge < -0.3 is 127 Å². The Balaban J connectivity index is 1.42. The van der Waals surface area contributed by atoms with E-state index in [2.05, 4.69) is 89.7 Å². The number of aliphatic hydroxyl groups excluding tert-OH is 1. The van der Waals surface area contributed by atoms with Gasteiger partial charge in [0.2, 0.25) is 106 Å². The van der Waals surface area contributed by atoms with E-state index in [0.717, 1.165) is 0 Å². The lowest BCUT2D eigenvalue weighted by Crippen LogP contribution is -2.62. The van der Waals surface area contributed by atoms with E-state index < -0.39 is 267 Å². The number of benzene rings is 4. The number of nitrogens with zero attached hydrogens (tertiary/aromatic N) is 1. The number of H-pyrrole nitrogens is 1. The molecule has 1 aromatic heterocycles. The maximum atomic E-state index is 15.2. The minimum absolute atomic E-state index is 0.143. The van der Waals surface area contributed by atoms with Crippen LogP contribution in [0.25, 0.3) is 0 Å². The maximum absolute atomic E-state index is 15.2. The highest BCUT2D eigenvalue weighted by atomic mass is 32.2. The van der Waals surface area contributed by atoms with E-state index in [9.17, 15) is 102 Å². The van der Waals surface area contributed by atoms with Crippen LogP contribution in [0.4, 0.5) is 0 Å². The lowest BCUT2D eigenvalue weighted by molar-refractivity contribution is -0.137. The average molecular weight is 1780 g/mol. The lowest BCUT2D eigenvalue weighted by atomic mass is 9.99. The number of aromatic nitrogens is 2. The highest BCUT2D eigenvalue weighted by Gasteiger charge is 2.39. The van der Waals surface area contributed by atoms with E-state index in [0.29, 0.717) is 28.5 Å². The van der Waals surface area contributed by atoms with E-state index in [1.807, 2.05) is 0 Å². The molecule has 2 heterocycles. The third kappa shape index (κ3) is 35.1. The van der Waals surface area contributed by atoms with Gasteiger partial charge in [0.15, 0.2) is 0 Å². The number of carbonyl (C=O) groups excluding carboxylic acids is 18. The number of nitrogens with one attached hydrogen (secondary N) is 16. The second kappa shape index (κ2) is 50.0. The van der Waals surface area contributed by atoms with Crippen LogP contribution in [0.1, 0.15) is 102 Å². The zero-order valence-electron chi connectivity index (χ0n) is 70.0. The summed E-state index contributed by atoms with van der Waals surface area (Å²) in [5, 5.41) is 88.6. The zero-order chi connectivity index (χ0) is 93.0. The van der Waals surface area contributed by atoms with Crippen molar-refractivity contribution in [3.05, 3.63) is 138 Å². The van der Waals surface area contributed by atoms with Crippen molar-refractivity contribution in [2.45, 2.75) is 178 Å². The summed E-state index contributed by atoms with van der Waals surface area (Å²) in [6, 6.07) is 1.17. The number of rotatable bonds is 24. The molecular weight excluding hydrogens is 1670 g/mol. The zero-order valence-corrected chi connectivity index (χ0v) is 70.9. The summed E-state index contributed by atoms with van der Waals surface area (Å²) < 4.78 is 0. The van der Waals surface area contributed by atoms with Gasteiger partial charge in [0.1, 0.15) is 95.5 Å². The number of phenols is 4. The number of imidazole rings is 1. The van der Waals surface area contributed by atoms with Crippen LogP contribution in [0.2, 0.25) is 0 Å². The van der Waals surface area contributed by atoms with Gasteiger partial charge in [-0.05, 0) is 108 Å². The number of carbonyl (C=O) groups is 18. The van der Waals surface area contributed by atoms with Crippen molar-refractivity contribution >= 4 is 118 Å². The summed E-state index contributed by atoms with van der Waals surface area (Å²) in [7, 11) is 0. The molecule has 126 heavy (non-hydrogen) atoms. The Morgan fingerprint density at radius 3 is 1.18 bits per heavy atom. The molecule has 18 amide bonds.